The predicted octanol–water partition coefficient (Wildman–Crippen LogP) is 2.72. The number of aryl methyl sites for hydroxylation is 1. The molecule has 4 heteroatoms. The van der Waals surface area contributed by atoms with Gasteiger partial charge in [-0.2, -0.15) is 0 Å². The Balaban J connectivity index is 2.18. The minimum absolute atomic E-state index is 1.03. The third-order valence-corrected chi connectivity index (χ3v) is 2.92. The zero-order valence-corrected chi connectivity index (χ0v) is 10.9. The van der Waals surface area contributed by atoms with E-state index >= 15 is 0 Å². The molecule has 0 amide bonds. The summed E-state index contributed by atoms with van der Waals surface area (Å²) in [5.74, 6) is 0. The summed E-state index contributed by atoms with van der Waals surface area (Å²) in [5.41, 5.74) is 1.07. The first kappa shape index (κ1) is 11.3. The van der Waals surface area contributed by atoms with Gasteiger partial charge in [-0.15, -0.1) is 0 Å². The standard InChI is InChI=1S/C12H15BrN3/c1-2-3-7-15-9-14-16(10-15)12-6-4-5-11(13)8-12/h4-6,8-10H,2-3,7H2,1H3/q+1. The number of hydrogen-bond donors (Lipinski definition) is 0. The molecule has 0 aliphatic rings. The van der Waals surface area contributed by atoms with Gasteiger partial charge in [0.05, 0.1) is 6.54 Å². The minimum Gasteiger partial charge on any atom is -0.237 e. The maximum absolute atomic E-state index is 4.34. The molecule has 0 spiro atoms. The number of nitrogens with zero attached hydrogens (tertiary/aromatic N) is 3. The molecular formula is C12H15BrN3+. The molecule has 2 aromatic rings. The molecule has 0 aliphatic carbocycles. The van der Waals surface area contributed by atoms with Crippen LogP contribution in [0.15, 0.2) is 41.4 Å². The summed E-state index contributed by atoms with van der Waals surface area (Å²) in [4.78, 5) is 0. The molecule has 1 heterocycles. The third kappa shape index (κ3) is 2.70. The lowest BCUT2D eigenvalue weighted by atomic mass is 10.3. The zero-order valence-electron chi connectivity index (χ0n) is 9.31. The molecule has 2 rings (SSSR count). The van der Waals surface area contributed by atoms with E-state index in [0.717, 1.165) is 16.7 Å². The van der Waals surface area contributed by atoms with Crippen molar-refractivity contribution in [1.82, 2.24) is 9.78 Å². The van der Waals surface area contributed by atoms with Crippen molar-refractivity contribution in [3.63, 3.8) is 0 Å². The molecular weight excluding hydrogens is 266 g/mol. The molecule has 0 N–H and O–H groups in total. The van der Waals surface area contributed by atoms with Crippen LogP contribution in [0.3, 0.4) is 0 Å². The van der Waals surface area contributed by atoms with Crippen molar-refractivity contribution in [3.05, 3.63) is 41.4 Å². The summed E-state index contributed by atoms with van der Waals surface area (Å²) in [6.07, 6.45) is 6.29. The Labute approximate surface area is 104 Å². The van der Waals surface area contributed by atoms with Crippen LogP contribution in [-0.2, 0) is 6.54 Å². The maximum Gasteiger partial charge on any atom is 0.265 e. The summed E-state index contributed by atoms with van der Waals surface area (Å²) in [5, 5.41) is 4.34. The van der Waals surface area contributed by atoms with Gasteiger partial charge in [-0.3, -0.25) is 0 Å². The normalized spacial score (nSPS) is 10.6. The molecule has 0 saturated heterocycles. The van der Waals surface area contributed by atoms with E-state index < -0.39 is 0 Å². The SMILES string of the molecule is CCCC[n+]1cnn(-c2cccc(Br)c2)c1. The Hall–Kier alpha value is -1.16. The zero-order chi connectivity index (χ0) is 11.4. The lowest BCUT2D eigenvalue weighted by Gasteiger charge is -1.94. The minimum atomic E-state index is 1.03. The fourth-order valence-electron chi connectivity index (χ4n) is 1.53. The molecule has 0 bridgehead atoms. The first-order chi connectivity index (χ1) is 7.79. The first-order valence-electron chi connectivity index (χ1n) is 5.49. The largest absolute Gasteiger partial charge is 0.265 e. The van der Waals surface area contributed by atoms with Gasteiger partial charge in [0.25, 0.3) is 6.33 Å². The molecule has 1 aromatic heterocycles. The van der Waals surface area contributed by atoms with E-state index in [2.05, 4.69) is 38.6 Å². The second-order valence-electron chi connectivity index (χ2n) is 3.76. The van der Waals surface area contributed by atoms with Crippen molar-refractivity contribution >= 4 is 15.9 Å². The van der Waals surface area contributed by atoms with Crippen LogP contribution < -0.4 is 4.57 Å². The van der Waals surface area contributed by atoms with Crippen LogP contribution in [0.5, 0.6) is 0 Å². The van der Waals surface area contributed by atoms with E-state index in [1.807, 2.05) is 35.5 Å². The molecule has 1 aromatic carbocycles. The monoisotopic (exact) mass is 280 g/mol. The van der Waals surface area contributed by atoms with Crippen LogP contribution in [0.1, 0.15) is 19.8 Å². The van der Waals surface area contributed by atoms with Crippen LogP contribution >= 0.6 is 15.9 Å². The summed E-state index contributed by atoms with van der Waals surface area (Å²) in [7, 11) is 0. The van der Waals surface area contributed by atoms with Crippen molar-refractivity contribution in [2.45, 2.75) is 26.3 Å². The fraction of sp³-hybridized carbons (Fsp3) is 0.333. The number of aromatic nitrogens is 3. The van der Waals surface area contributed by atoms with Crippen molar-refractivity contribution in [1.29, 1.82) is 0 Å². The van der Waals surface area contributed by atoms with E-state index in [1.54, 1.807) is 0 Å². The maximum atomic E-state index is 4.34. The van der Waals surface area contributed by atoms with Crippen molar-refractivity contribution in [3.8, 4) is 5.69 Å². The van der Waals surface area contributed by atoms with Crippen LogP contribution in [0.4, 0.5) is 0 Å². The number of rotatable bonds is 4. The Morgan fingerprint density at radius 1 is 1.44 bits per heavy atom. The van der Waals surface area contributed by atoms with Crippen LogP contribution in [0.25, 0.3) is 5.69 Å². The highest BCUT2D eigenvalue weighted by Gasteiger charge is 2.07. The van der Waals surface area contributed by atoms with E-state index in [9.17, 15) is 0 Å². The highest BCUT2D eigenvalue weighted by molar-refractivity contribution is 9.10. The van der Waals surface area contributed by atoms with Gasteiger partial charge in [0.1, 0.15) is 5.69 Å². The third-order valence-electron chi connectivity index (χ3n) is 2.42. The van der Waals surface area contributed by atoms with E-state index in [4.69, 9.17) is 0 Å². The summed E-state index contributed by atoms with van der Waals surface area (Å²) < 4.78 is 5.07. The first-order valence-corrected chi connectivity index (χ1v) is 6.28. The number of hydrogen-bond acceptors (Lipinski definition) is 1. The van der Waals surface area contributed by atoms with Gasteiger partial charge in [-0.05, 0) is 24.6 Å². The molecule has 3 nitrogen and oxygen atoms in total. The average molecular weight is 281 g/mol. The predicted molar refractivity (Wildman–Crippen MR) is 66.4 cm³/mol. The van der Waals surface area contributed by atoms with Crippen molar-refractivity contribution in [2.75, 3.05) is 0 Å². The molecule has 0 unspecified atom stereocenters. The second kappa shape index (κ2) is 5.25. The van der Waals surface area contributed by atoms with Crippen LogP contribution in [0, 0.1) is 0 Å². The lowest BCUT2D eigenvalue weighted by Crippen LogP contribution is -2.30. The van der Waals surface area contributed by atoms with Crippen molar-refractivity contribution in [2.24, 2.45) is 0 Å². The highest BCUT2D eigenvalue weighted by Crippen LogP contribution is 2.13. The van der Waals surface area contributed by atoms with Crippen LogP contribution in [0.2, 0.25) is 0 Å². The molecule has 84 valence electrons. The quantitative estimate of drug-likeness (QED) is 0.790. The highest BCUT2D eigenvalue weighted by atomic mass is 79.9. The number of unbranched alkanes of at least 4 members (excludes halogenated alkanes) is 1. The Kier molecular flexibility index (Phi) is 3.72. The van der Waals surface area contributed by atoms with Gasteiger partial charge in [0.15, 0.2) is 0 Å². The van der Waals surface area contributed by atoms with Gasteiger partial charge in [-0.1, -0.05) is 40.0 Å². The molecule has 0 saturated carbocycles. The van der Waals surface area contributed by atoms with Gasteiger partial charge in [0.2, 0.25) is 6.33 Å². The van der Waals surface area contributed by atoms with E-state index in [0.29, 0.717) is 0 Å². The Bertz CT molecular complexity index is 465. The second-order valence-corrected chi connectivity index (χ2v) is 4.68. The Morgan fingerprint density at radius 2 is 2.31 bits per heavy atom. The smallest absolute Gasteiger partial charge is 0.237 e. The Morgan fingerprint density at radius 3 is 3.06 bits per heavy atom. The van der Waals surface area contributed by atoms with Gasteiger partial charge >= 0.3 is 0 Å². The number of benzene rings is 1. The summed E-state index contributed by atoms with van der Waals surface area (Å²) in [6.45, 7) is 3.23. The molecule has 16 heavy (non-hydrogen) atoms. The molecule has 0 aliphatic heterocycles. The van der Waals surface area contributed by atoms with Gasteiger partial charge < -0.3 is 0 Å². The summed E-state index contributed by atoms with van der Waals surface area (Å²) in [6, 6.07) is 8.12. The summed E-state index contributed by atoms with van der Waals surface area (Å²) >= 11 is 3.46. The molecule has 0 atom stereocenters. The topological polar surface area (TPSA) is 21.7 Å². The number of halogens is 1. The van der Waals surface area contributed by atoms with Gasteiger partial charge in [-0.25, -0.2) is 4.57 Å². The average Bonchev–Trinajstić information content (AvgIpc) is 2.75. The van der Waals surface area contributed by atoms with E-state index in [1.165, 1.54) is 12.8 Å². The van der Waals surface area contributed by atoms with Gasteiger partial charge in [0, 0.05) is 9.57 Å². The van der Waals surface area contributed by atoms with E-state index in [-0.39, 0.29) is 0 Å². The lowest BCUT2D eigenvalue weighted by molar-refractivity contribution is -0.697. The molecule has 0 fully saturated rings. The fourth-order valence-corrected chi connectivity index (χ4v) is 1.92. The van der Waals surface area contributed by atoms with Crippen LogP contribution in [-0.4, -0.2) is 9.78 Å². The van der Waals surface area contributed by atoms with Crippen molar-refractivity contribution < 1.29 is 4.57 Å². The molecule has 0 radical (unpaired) electrons.